The first kappa shape index (κ1) is 18.3. The summed E-state index contributed by atoms with van der Waals surface area (Å²) in [5.41, 5.74) is 0.853. The molecule has 21 heavy (non-hydrogen) atoms. The Balaban J connectivity index is 2.26. The van der Waals surface area contributed by atoms with Gasteiger partial charge in [0, 0.05) is 17.6 Å². The topological polar surface area (TPSA) is 50.7 Å². The highest BCUT2D eigenvalue weighted by Crippen LogP contribution is 2.27. The lowest BCUT2D eigenvalue weighted by Crippen LogP contribution is -2.25. The largest absolute Gasteiger partial charge is 0.495 e. The molecular weight excluding hydrogens is 334 g/mol. The van der Waals surface area contributed by atoms with Gasteiger partial charge in [-0.2, -0.15) is 0 Å². The summed E-state index contributed by atoms with van der Waals surface area (Å²) in [7, 11) is 1.63. The zero-order valence-electron chi connectivity index (χ0n) is 13.1. The molecule has 1 aromatic carbocycles. The third kappa shape index (κ3) is 7.69. The van der Waals surface area contributed by atoms with E-state index in [1.54, 1.807) is 7.11 Å². The van der Waals surface area contributed by atoms with E-state index in [0.717, 1.165) is 28.8 Å². The Hall–Kier alpha value is -0.780. The minimum Gasteiger partial charge on any atom is -0.495 e. The molecule has 0 aliphatic carbocycles. The van der Waals surface area contributed by atoms with E-state index in [-0.39, 0.29) is 0 Å². The minimum absolute atomic E-state index is 0.349. The number of nitrogens with one attached hydrogen (secondary N) is 1. The molecule has 120 valence electrons. The van der Waals surface area contributed by atoms with Gasteiger partial charge >= 0.3 is 0 Å². The van der Waals surface area contributed by atoms with E-state index in [4.69, 9.17) is 9.47 Å². The van der Waals surface area contributed by atoms with E-state index in [9.17, 15) is 5.11 Å². The Morgan fingerprint density at radius 2 is 2.10 bits per heavy atom. The van der Waals surface area contributed by atoms with Gasteiger partial charge in [-0.05, 0) is 37.0 Å². The van der Waals surface area contributed by atoms with Gasteiger partial charge in [-0.3, -0.25) is 0 Å². The zero-order chi connectivity index (χ0) is 15.7. The van der Waals surface area contributed by atoms with Crippen molar-refractivity contribution in [2.75, 3.05) is 32.2 Å². The average molecular weight is 360 g/mol. The standard InChI is InChI=1S/C16H26BrNO3/c1-12(2)5-4-8-21-11-14(19)10-18-15-9-13(17)6-7-16(15)20-3/h6-7,9,12,14,18-19H,4-5,8,10-11H2,1-3H3. The summed E-state index contributed by atoms with van der Waals surface area (Å²) in [6, 6.07) is 5.72. The van der Waals surface area contributed by atoms with Crippen LogP contribution in [-0.4, -0.2) is 38.1 Å². The van der Waals surface area contributed by atoms with Crippen LogP contribution in [-0.2, 0) is 4.74 Å². The van der Waals surface area contributed by atoms with E-state index in [1.165, 1.54) is 0 Å². The average Bonchev–Trinajstić information content (AvgIpc) is 2.44. The molecule has 0 bridgehead atoms. The van der Waals surface area contributed by atoms with Gasteiger partial charge in [0.1, 0.15) is 5.75 Å². The first-order valence-electron chi connectivity index (χ1n) is 7.36. The van der Waals surface area contributed by atoms with Crippen molar-refractivity contribution in [2.45, 2.75) is 32.8 Å². The van der Waals surface area contributed by atoms with Gasteiger partial charge in [-0.1, -0.05) is 29.8 Å². The fraction of sp³-hybridized carbons (Fsp3) is 0.625. The molecular formula is C16H26BrNO3. The second-order valence-corrected chi connectivity index (χ2v) is 6.41. The van der Waals surface area contributed by atoms with Crippen LogP contribution in [0.15, 0.2) is 22.7 Å². The Kier molecular flexibility index (Phi) is 8.73. The summed E-state index contributed by atoms with van der Waals surface area (Å²) < 4.78 is 11.7. The van der Waals surface area contributed by atoms with Crippen molar-refractivity contribution in [1.82, 2.24) is 0 Å². The molecule has 0 spiro atoms. The lowest BCUT2D eigenvalue weighted by Gasteiger charge is -2.15. The number of aliphatic hydroxyl groups is 1. The lowest BCUT2D eigenvalue weighted by molar-refractivity contribution is 0.0409. The van der Waals surface area contributed by atoms with Gasteiger partial charge in [0.05, 0.1) is 25.5 Å². The molecule has 2 N–H and O–H groups in total. The fourth-order valence-corrected chi connectivity index (χ4v) is 2.28. The Bertz CT molecular complexity index is 413. The maximum absolute atomic E-state index is 9.91. The van der Waals surface area contributed by atoms with E-state index >= 15 is 0 Å². The van der Waals surface area contributed by atoms with Gasteiger partial charge in [0.2, 0.25) is 0 Å². The number of ether oxygens (including phenoxy) is 2. The maximum Gasteiger partial charge on any atom is 0.142 e. The predicted molar refractivity (Wildman–Crippen MR) is 90.1 cm³/mol. The highest BCUT2D eigenvalue weighted by Gasteiger charge is 2.08. The lowest BCUT2D eigenvalue weighted by atomic mass is 10.1. The molecule has 0 saturated carbocycles. The molecule has 5 heteroatoms. The van der Waals surface area contributed by atoms with E-state index in [1.807, 2.05) is 18.2 Å². The van der Waals surface area contributed by atoms with Crippen molar-refractivity contribution in [3.05, 3.63) is 22.7 Å². The molecule has 0 aliphatic heterocycles. The highest BCUT2D eigenvalue weighted by atomic mass is 79.9. The minimum atomic E-state index is -0.535. The summed E-state index contributed by atoms with van der Waals surface area (Å²) >= 11 is 3.42. The quantitative estimate of drug-likeness (QED) is 0.625. The van der Waals surface area contributed by atoms with E-state index in [2.05, 4.69) is 35.1 Å². The van der Waals surface area contributed by atoms with E-state index in [0.29, 0.717) is 25.7 Å². The van der Waals surface area contributed by atoms with E-state index < -0.39 is 6.10 Å². The second-order valence-electron chi connectivity index (χ2n) is 5.49. The zero-order valence-corrected chi connectivity index (χ0v) is 14.6. The number of methoxy groups -OCH3 is 1. The summed E-state index contributed by atoms with van der Waals surface area (Å²) in [5.74, 6) is 1.45. The smallest absolute Gasteiger partial charge is 0.142 e. The normalized spacial score (nSPS) is 12.5. The molecule has 4 nitrogen and oxygen atoms in total. The fourth-order valence-electron chi connectivity index (χ4n) is 1.92. The number of hydrogen-bond donors (Lipinski definition) is 2. The van der Waals surface area contributed by atoms with Crippen LogP contribution in [0.4, 0.5) is 5.69 Å². The summed E-state index contributed by atoms with van der Waals surface area (Å²) in [6.07, 6.45) is 1.66. The number of anilines is 1. The number of aliphatic hydroxyl groups excluding tert-OH is 1. The van der Waals surface area contributed by atoms with Crippen LogP contribution in [0.25, 0.3) is 0 Å². The molecule has 0 saturated heterocycles. The van der Waals surface area contributed by atoms with Crippen molar-refractivity contribution >= 4 is 21.6 Å². The van der Waals surface area contributed by atoms with Crippen LogP contribution >= 0.6 is 15.9 Å². The first-order valence-corrected chi connectivity index (χ1v) is 8.15. The summed E-state index contributed by atoms with van der Waals surface area (Å²) in [5, 5.41) is 13.1. The van der Waals surface area contributed by atoms with Gasteiger partial charge in [0.15, 0.2) is 0 Å². The van der Waals surface area contributed by atoms with Crippen LogP contribution in [0.2, 0.25) is 0 Å². The Morgan fingerprint density at radius 1 is 1.33 bits per heavy atom. The van der Waals surface area contributed by atoms with Gasteiger partial charge < -0.3 is 19.9 Å². The highest BCUT2D eigenvalue weighted by molar-refractivity contribution is 9.10. The molecule has 1 rings (SSSR count). The molecule has 0 aliphatic rings. The molecule has 1 aromatic rings. The Morgan fingerprint density at radius 3 is 2.76 bits per heavy atom. The van der Waals surface area contributed by atoms with Crippen LogP contribution < -0.4 is 10.1 Å². The second kappa shape index (κ2) is 10.0. The van der Waals surface area contributed by atoms with Crippen molar-refractivity contribution in [3.63, 3.8) is 0 Å². The number of rotatable bonds is 10. The number of benzene rings is 1. The monoisotopic (exact) mass is 359 g/mol. The van der Waals surface area contributed by atoms with Crippen molar-refractivity contribution in [3.8, 4) is 5.75 Å². The number of hydrogen-bond acceptors (Lipinski definition) is 4. The predicted octanol–water partition coefficient (Wildman–Crippen LogP) is 3.68. The Labute approximate surface area is 136 Å². The van der Waals surface area contributed by atoms with Gasteiger partial charge in [-0.25, -0.2) is 0 Å². The van der Waals surface area contributed by atoms with Crippen LogP contribution in [0, 0.1) is 5.92 Å². The molecule has 0 heterocycles. The SMILES string of the molecule is COc1ccc(Br)cc1NCC(O)COCCCC(C)C. The van der Waals surface area contributed by atoms with Crippen molar-refractivity contribution in [2.24, 2.45) is 5.92 Å². The van der Waals surface area contributed by atoms with Crippen LogP contribution in [0.1, 0.15) is 26.7 Å². The third-order valence-electron chi connectivity index (χ3n) is 3.07. The van der Waals surface area contributed by atoms with Gasteiger partial charge in [0.25, 0.3) is 0 Å². The molecule has 0 amide bonds. The number of halogens is 1. The van der Waals surface area contributed by atoms with Crippen LogP contribution in [0.3, 0.4) is 0 Å². The third-order valence-corrected chi connectivity index (χ3v) is 3.56. The van der Waals surface area contributed by atoms with Gasteiger partial charge in [-0.15, -0.1) is 0 Å². The summed E-state index contributed by atoms with van der Waals surface area (Å²) in [4.78, 5) is 0. The molecule has 0 radical (unpaired) electrons. The maximum atomic E-state index is 9.91. The van der Waals surface area contributed by atoms with Crippen molar-refractivity contribution in [1.29, 1.82) is 0 Å². The first-order chi connectivity index (χ1) is 10.0. The van der Waals surface area contributed by atoms with Crippen LogP contribution in [0.5, 0.6) is 5.75 Å². The molecule has 0 fully saturated rings. The summed E-state index contributed by atoms with van der Waals surface area (Å²) in [6.45, 7) is 5.88. The molecule has 0 aromatic heterocycles. The molecule has 1 unspecified atom stereocenters. The molecule has 1 atom stereocenters. The van der Waals surface area contributed by atoms with Crippen molar-refractivity contribution < 1.29 is 14.6 Å².